The predicted molar refractivity (Wildman–Crippen MR) is 60.6 cm³/mol. The van der Waals surface area contributed by atoms with Gasteiger partial charge in [-0.15, -0.1) is 0 Å². The third kappa shape index (κ3) is 2.67. The van der Waals surface area contributed by atoms with Gasteiger partial charge in [0.2, 0.25) is 10.0 Å². The third-order valence-electron chi connectivity index (χ3n) is 2.67. The van der Waals surface area contributed by atoms with E-state index in [1.54, 1.807) is 6.92 Å². The van der Waals surface area contributed by atoms with E-state index in [2.05, 4.69) is 14.9 Å². The molecule has 1 aliphatic heterocycles. The molecule has 1 saturated heterocycles. The van der Waals surface area contributed by atoms with Crippen LogP contribution < -0.4 is 4.72 Å². The van der Waals surface area contributed by atoms with E-state index in [9.17, 15) is 16.8 Å². The van der Waals surface area contributed by atoms with Gasteiger partial charge in [-0.2, -0.15) is 5.10 Å². The molecule has 0 aliphatic carbocycles. The van der Waals surface area contributed by atoms with Gasteiger partial charge in [-0.05, 0) is 13.3 Å². The molecule has 1 aromatic rings. The maximum atomic E-state index is 11.9. The molecule has 1 fully saturated rings. The molecule has 2 N–H and O–H groups in total. The highest BCUT2D eigenvalue weighted by molar-refractivity contribution is 7.92. The molecule has 7 nitrogen and oxygen atoms in total. The van der Waals surface area contributed by atoms with Crippen LogP contribution in [-0.2, 0) is 19.9 Å². The zero-order valence-electron chi connectivity index (χ0n) is 9.17. The highest BCUT2D eigenvalue weighted by atomic mass is 32.2. The minimum absolute atomic E-state index is 0.00280. The first kappa shape index (κ1) is 12.5. The van der Waals surface area contributed by atoms with Gasteiger partial charge in [0, 0.05) is 11.7 Å². The number of rotatable bonds is 3. The molecule has 96 valence electrons. The fourth-order valence-electron chi connectivity index (χ4n) is 1.86. The lowest BCUT2D eigenvalue weighted by molar-refractivity contribution is 0.462. The molecule has 0 aromatic carbocycles. The molecule has 9 heteroatoms. The average molecular weight is 279 g/mol. The van der Waals surface area contributed by atoms with E-state index in [1.165, 1.54) is 12.4 Å². The lowest BCUT2D eigenvalue weighted by Crippen LogP contribution is -2.46. The molecule has 1 unspecified atom stereocenters. The summed E-state index contributed by atoms with van der Waals surface area (Å²) in [6.45, 7) is 1.59. The van der Waals surface area contributed by atoms with Crippen LogP contribution in [0.5, 0.6) is 0 Å². The highest BCUT2D eigenvalue weighted by Crippen LogP contribution is 2.24. The molecule has 2 rings (SSSR count). The molecule has 0 saturated carbocycles. The van der Waals surface area contributed by atoms with Crippen LogP contribution in [0.4, 0.5) is 0 Å². The van der Waals surface area contributed by atoms with Crippen LogP contribution in [-0.4, -0.2) is 44.1 Å². The van der Waals surface area contributed by atoms with Crippen LogP contribution in [0.15, 0.2) is 17.3 Å². The number of aromatic nitrogens is 2. The van der Waals surface area contributed by atoms with E-state index in [4.69, 9.17) is 0 Å². The topological polar surface area (TPSA) is 109 Å². The maximum absolute atomic E-state index is 11.9. The Morgan fingerprint density at radius 3 is 2.71 bits per heavy atom. The van der Waals surface area contributed by atoms with E-state index in [1.807, 2.05) is 0 Å². The molecule has 0 spiro atoms. The van der Waals surface area contributed by atoms with Gasteiger partial charge in [-0.1, -0.05) is 0 Å². The van der Waals surface area contributed by atoms with E-state index in [0.29, 0.717) is 0 Å². The number of sulfone groups is 1. The van der Waals surface area contributed by atoms with E-state index < -0.39 is 25.4 Å². The Bertz CT molecular complexity index is 605. The number of nitrogens with one attached hydrogen (secondary N) is 2. The Hall–Kier alpha value is -0.930. The third-order valence-corrected chi connectivity index (χ3v) is 6.18. The van der Waals surface area contributed by atoms with Gasteiger partial charge in [0.1, 0.15) is 4.90 Å². The Kier molecular flexibility index (Phi) is 2.79. The number of hydrogen-bond donors (Lipinski definition) is 2. The van der Waals surface area contributed by atoms with Gasteiger partial charge in [0.15, 0.2) is 9.84 Å². The van der Waals surface area contributed by atoms with Crippen molar-refractivity contribution < 1.29 is 16.8 Å². The van der Waals surface area contributed by atoms with Crippen molar-refractivity contribution in [2.75, 3.05) is 11.5 Å². The summed E-state index contributed by atoms with van der Waals surface area (Å²) in [6, 6.07) is 0. The quantitative estimate of drug-likeness (QED) is 0.758. The fourth-order valence-corrected chi connectivity index (χ4v) is 5.38. The monoisotopic (exact) mass is 279 g/mol. The molecule has 1 aliphatic rings. The first-order valence-electron chi connectivity index (χ1n) is 4.96. The summed E-state index contributed by atoms with van der Waals surface area (Å²) in [7, 11) is -6.86. The summed E-state index contributed by atoms with van der Waals surface area (Å²) >= 11 is 0. The Labute approximate surface area is 99.6 Å². The first-order chi connectivity index (χ1) is 7.73. The van der Waals surface area contributed by atoms with Crippen molar-refractivity contribution in [3.8, 4) is 0 Å². The summed E-state index contributed by atoms with van der Waals surface area (Å²) in [4.78, 5) is 0.00280. The van der Waals surface area contributed by atoms with Crippen molar-refractivity contribution in [3.63, 3.8) is 0 Å². The summed E-state index contributed by atoms with van der Waals surface area (Å²) in [6.07, 6.45) is 2.71. The van der Waals surface area contributed by atoms with Crippen molar-refractivity contribution in [1.82, 2.24) is 14.9 Å². The van der Waals surface area contributed by atoms with Crippen LogP contribution in [0.3, 0.4) is 0 Å². The van der Waals surface area contributed by atoms with Crippen LogP contribution in [0.2, 0.25) is 0 Å². The number of aromatic amines is 1. The van der Waals surface area contributed by atoms with E-state index in [-0.39, 0.29) is 22.8 Å². The standard InChI is InChI=1S/C8H13N3O4S2/c1-8(2-3-16(12,13)6-8)11-17(14,15)7-4-9-10-5-7/h4-5,11H,2-3,6H2,1H3,(H,9,10). The highest BCUT2D eigenvalue weighted by Gasteiger charge is 2.41. The molecule has 1 atom stereocenters. The lowest BCUT2D eigenvalue weighted by Gasteiger charge is -2.22. The molecule has 0 bridgehead atoms. The molecule has 17 heavy (non-hydrogen) atoms. The van der Waals surface area contributed by atoms with Gasteiger partial charge >= 0.3 is 0 Å². The zero-order valence-corrected chi connectivity index (χ0v) is 10.8. The SMILES string of the molecule is CC1(NS(=O)(=O)c2cn[nH]c2)CCS(=O)(=O)C1. The second-order valence-electron chi connectivity index (χ2n) is 4.44. The maximum Gasteiger partial charge on any atom is 0.244 e. The summed E-state index contributed by atoms with van der Waals surface area (Å²) in [5.41, 5.74) is -0.936. The summed E-state index contributed by atoms with van der Waals surface area (Å²) in [5, 5.41) is 5.95. The molecule has 0 amide bonds. The minimum atomic E-state index is -3.72. The minimum Gasteiger partial charge on any atom is -0.284 e. The molecular weight excluding hydrogens is 266 g/mol. The van der Waals surface area contributed by atoms with Gasteiger partial charge in [-0.25, -0.2) is 21.6 Å². The van der Waals surface area contributed by atoms with Crippen molar-refractivity contribution in [1.29, 1.82) is 0 Å². The molecule has 0 radical (unpaired) electrons. The second-order valence-corrected chi connectivity index (χ2v) is 8.31. The lowest BCUT2D eigenvalue weighted by atomic mass is 10.0. The average Bonchev–Trinajstić information content (AvgIpc) is 2.72. The second kappa shape index (κ2) is 3.79. The summed E-state index contributed by atoms with van der Waals surface area (Å²) in [5.74, 6) is -0.158. The molecular formula is C8H13N3O4S2. The molecule has 2 heterocycles. The van der Waals surface area contributed by atoms with Gasteiger partial charge < -0.3 is 0 Å². The zero-order chi connectivity index (χ0) is 12.7. The normalized spacial score (nSPS) is 28.3. The van der Waals surface area contributed by atoms with Crippen LogP contribution in [0.25, 0.3) is 0 Å². The Balaban J connectivity index is 2.23. The first-order valence-corrected chi connectivity index (χ1v) is 8.26. The van der Waals surface area contributed by atoms with Crippen molar-refractivity contribution >= 4 is 19.9 Å². The largest absolute Gasteiger partial charge is 0.284 e. The van der Waals surface area contributed by atoms with Crippen molar-refractivity contribution in [2.45, 2.75) is 23.8 Å². The van der Waals surface area contributed by atoms with Gasteiger partial charge in [0.05, 0.1) is 17.7 Å². The van der Waals surface area contributed by atoms with Crippen LogP contribution in [0, 0.1) is 0 Å². The number of sulfonamides is 1. The predicted octanol–water partition coefficient (Wildman–Crippen LogP) is -0.735. The number of nitrogens with zero attached hydrogens (tertiary/aromatic N) is 1. The van der Waals surface area contributed by atoms with Crippen LogP contribution in [0.1, 0.15) is 13.3 Å². The fraction of sp³-hybridized carbons (Fsp3) is 0.625. The number of hydrogen-bond acceptors (Lipinski definition) is 5. The van der Waals surface area contributed by atoms with Crippen LogP contribution >= 0.6 is 0 Å². The van der Waals surface area contributed by atoms with Gasteiger partial charge in [0.25, 0.3) is 0 Å². The van der Waals surface area contributed by atoms with Crippen molar-refractivity contribution in [2.24, 2.45) is 0 Å². The summed E-state index contributed by atoms with van der Waals surface area (Å²) < 4.78 is 49.0. The Morgan fingerprint density at radius 2 is 2.24 bits per heavy atom. The van der Waals surface area contributed by atoms with E-state index in [0.717, 1.165) is 0 Å². The smallest absolute Gasteiger partial charge is 0.244 e. The number of H-pyrrole nitrogens is 1. The van der Waals surface area contributed by atoms with Crippen molar-refractivity contribution in [3.05, 3.63) is 12.4 Å². The van der Waals surface area contributed by atoms with E-state index >= 15 is 0 Å². The Morgan fingerprint density at radius 1 is 1.53 bits per heavy atom. The van der Waals surface area contributed by atoms with Gasteiger partial charge in [-0.3, -0.25) is 5.10 Å². The molecule has 1 aromatic heterocycles.